The predicted molar refractivity (Wildman–Crippen MR) is 154 cm³/mol. The number of piperazine rings is 1. The maximum absolute atomic E-state index is 13.2. The van der Waals surface area contributed by atoms with Gasteiger partial charge in [0.15, 0.2) is 0 Å². The second-order valence-electron chi connectivity index (χ2n) is 12.7. The Labute approximate surface area is 242 Å². The summed E-state index contributed by atoms with van der Waals surface area (Å²) in [5, 5.41) is 8.03. The average Bonchev–Trinajstić information content (AvgIpc) is 3.23. The van der Waals surface area contributed by atoms with Crippen LogP contribution in [0.15, 0.2) is 24.3 Å². The number of benzene rings is 1. The third kappa shape index (κ3) is 6.48. The van der Waals surface area contributed by atoms with Crippen molar-refractivity contribution in [3.63, 3.8) is 0 Å². The summed E-state index contributed by atoms with van der Waals surface area (Å²) in [7, 11) is 2.05. The fraction of sp³-hybridized carbons (Fsp3) is 0.613. The van der Waals surface area contributed by atoms with E-state index in [1.165, 1.54) is 0 Å². The van der Waals surface area contributed by atoms with E-state index >= 15 is 0 Å². The Morgan fingerprint density at radius 3 is 2.54 bits per heavy atom. The van der Waals surface area contributed by atoms with E-state index in [4.69, 9.17) is 14.6 Å². The standard InChI is InChI=1S/C31H43N5O5/c1-5-24-26-25(18-31(19-32-27(26)37)9-15-40-16-10-31)36(33-24)20-30(2,3)21-41-29(39)23-8-6-7-22(17-23)28(38)35-13-11-34(4)12-14-35/h6-8,17H,5,9-16,18-21H2,1-4H3,(H,32,37). The first kappa shape index (κ1) is 29.3. The second-order valence-corrected chi connectivity index (χ2v) is 12.7. The third-order valence-electron chi connectivity index (χ3n) is 8.72. The summed E-state index contributed by atoms with van der Waals surface area (Å²) in [5.74, 6) is -0.576. The molecule has 41 heavy (non-hydrogen) atoms. The maximum atomic E-state index is 13.2. The molecule has 10 heteroatoms. The van der Waals surface area contributed by atoms with Crippen LogP contribution in [-0.4, -0.2) is 97.0 Å². The molecule has 4 heterocycles. The molecule has 0 bridgehead atoms. The van der Waals surface area contributed by atoms with Gasteiger partial charge in [0.25, 0.3) is 11.8 Å². The zero-order chi connectivity index (χ0) is 29.2. The van der Waals surface area contributed by atoms with Crippen molar-refractivity contribution < 1.29 is 23.9 Å². The number of carbonyl (C=O) groups excluding carboxylic acids is 3. The lowest BCUT2D eigenvalue weighted by Crippen LogP contribution is -2.47. The first-order valence-electron chi connectivity index (χ1n) is 14.8. The zero-order valence-corrected chi connectivity index (χ0v) is 24.8. The number of esters is 1. The largest absolute Gasteiger partial charge is 0.461 e. The third-order valence-corrected chi connectivity index (χ3v) is 8.72. The van der Waals surface area contributed by atoms with Gasteiger partial charge in [-0.2, -0.15) is 5.10 Å². The van der Waals surface area contributed by atoms with Gasteiger partial charge in [-0.15, -0.1) is 0 Å². The molecule has 0 radical (unpaired) electrons. The lowest BCUT2D eigenvalue weighted by atomic mass is 9.76. The first-order chi connectivity index (χ1) is 19.6. The molecule has 2 fully saturated rings. The van der Waals surface area contributed by atoms with E-state index in [9.17, 15) is 14.4 Å². The zero-order valence-electron chi connectivity index (χ0n) is 24.8. The molecule has 0 unspecified atom stereocenters. The number of nitrogens with one attached hydrogen (secondary N) is 1. The summed E-state index contributed by atoms with van der Waals surface area (Å²) < 4.78 is 13.4. The Morgan fingerprint density at radius 1 is 1.12 bits per heavy atom. The van der Waals surface area contributed by atoms with Gasteiger partial charge in [0.2, 0.25) is 0 Å². The van der Waals surface area contributed by atoms with Crippen molar-refractivity contribution in [3.05, 3.63) is 52.3 Å². The summed E-state index contributed by atoms with van der Waals surface area (Å²) in [6.45, 7) is 11.8. The molecule has 2 aromatic rings. The van der Waals surface area contributed by atoms with E-state index in [0.29, 0.717) is 62.5 Å². The molecule has 3 aliphatic rings. The minimum atomic E-state index is -0.458. The SMILES string of the molecule is CCc1nn(CC(C)(C)COC(=O)c2cccc(C(=O)N3CCN(C)CC3)c2)c2c1C(=O)NCC1(CCOCC1)C2. The van der Waals surface area contributed by atoms with Crippen LogP contribution in [0.5, 0.6) is 0 Å². The quantitative estimate of drug-likeness (QED) is 0.515. The van der Waals surface area contributed by atoms with Crippen LogP contribution < -0.4 is 5.32 Å². The molecule has 1 N–H and O–H groups in total. The van der Waals surface area contributed by atoms with Crippen LogP contribution in [0, 0.1) is 10.8 Å². The van der Waals surface area contributed by atoms with E-state index < -0.39 is 11.4 Å². The fourth-order valence-corrected chi connectivity index (χ4v) is 6.07. The summed E-state index contributed by atoms with van der Waals surface area (Å²) in [6, 6.07) is 6.79. The van der Waals surface area contributed by atoms with Crippen molar-refractivity contribution >= 4 is 17.8 Å². The Hall–Kier alpha value is -3.24. The monoisotopic (exact) mass is 565 g/mol. The molecule has 5 rings (SSSR count). The number of likely N-dealkylation sites (N-methyl/N-ethyl adjacent to an activating group) is 1. The van der Waals surface area contributed by atoms with Crippen LogP contribution in [0.2, 0.25) is 0 Å². The normalized spacial score (nSPS) is 19.4. The van der Waals surface area contributed by atoms with Gasteiger partial charge in [-0.05, 0) is 56.3 Å². The van der Waals surface area contributed by atoms with Crippen LogP contribution in [0.1, 0.15) is 76.1 Å². The van der Waals surface area contributed by atoms with E-state index in [1.807, 2.05) is 37.4 Å². The number of nitrogens with zero attached hydrogens (tertiary/aromatic N) is 4. The number of fused-ring (bicyclic) bond motifs is 1. The van der Waals surface area contributed by atoms with Crippen LogP contribution in [0.3, 0.4) is 0 Å². The van der Waals surface area contributed by atoms with Gasteiger partial charge >= 0.3 is 5.97 Å². The van der Waals surface area contributed by atoms with Crippen LogP contribution in [0.25, 0.3) is 0 Å². The van der Waals surface area contributed by atoms with Crippen molar-refractivity contribution in [3.8, 4) is 0 Å². The molecule has 0 atom stereocenters. The van der Waals surface area contributed by atoms with E-state index in [0.717, 1.165) is 43.7 Å². The molecule has 10 nitrogen and oxygen atoms in total. The number of hydrogen-bond donors (Lipinski definition) is 1. The molecule has 1 aromatic heterocycles. The minimum Gasteiger partial charge on any atom is -0.461 e. The predicted octanol–water partition coefficient (Wildman–Crippen LogP) is 2.80. The highest BCUT2D eigenvalue weighted by molar-refractivity contribution is 5.98. The van der Waals surface area contributed by atoms with Crippen LogP contribution in [-0.2, 0) is 28.9 Å². The van der Waals surface area contributed by atoms with E-state index in [1.54, 1.807) is 24.3 Å². The highest BCUT2D eigenvalue weighted by atomic mass is 16.5. The molecule has 0 aliphatic carbocycles. The average molecular weight is 566 g/mol. The summed E-state index contributed by atoms with van der Waals surface area (Å²) in [4.78, 5) is 43.3. The highest BCUT2D eigenvalue weighted by Gasteiger charge is 2.40. The van der Waals surface area contributed by atoms with Crippen molar-refractivity contribution in [2.24, 2.45) is 10.8 Å². The Balaban J connectivity index is 1.27. The van der Waals surface area contributed by atoms with Crippen LogP contribution >= 0.6 is 0 Å². The number of aromatic nitrogens is 2. The van der Waals surface area contributed by atoms with E-state index in [-0.39, 0.29) is 23.8 Å². The lowest BCUT2D eigenvalue weighted by Gasteiger charge is -2.36. The van der Waals surface area contributed by atoms with Crippen molar-refractivity contribution in [1.29, 1.82) is 0 Å². The van der Waals surface area contributed by atoms with Gasteiger partial charge in [0, 0.05) is 63.5 Å². The molecular formula is C31H43N5O5. The summed E-state index contributed by atoms with van der Waals surface area (Å²) in [5.41, 5.74) is 2.84. The van der Waals surface area contributed by atoms with Gasteiger partial charge in [0.1, 0.15) is 0 Å². The van der Waals surface area contributed by atoms with Gasteiger partial charge in [-0.3, -0.25) is 14.3 Å². The number of carbonyl (C=O) groups is 3. The van der Waals surface area contributed by atoms with Gasteiger partial charge in [-0.25, -0.2) is 4.79 Å². The molecule has 222 valence electrons. The maximum Gasteiger partial charge on any atom is 0.338 e. The lowest BCUT2D eigenvalue weighted by molar-refractivity contribution is 0.0145. The highest BCUT2D eigenvalue weighted by Crippen LogP contribution is 2.38. The summed E-state index contributed by atoms with van der Waals surface area (Å²) >= 11 is 0. The molecular weight excluding hydrogens is 522 g/mol. The molecule has 3 aliphatic heterocycles. The van der Waals surface area contributed by atoms with Crippen molar-refractivity contribution in [2.45, 2.75) is 53.0 Å². The van der Waals surface area contributed by atoms with Gasteiger partial charge in [0.05, 0.1) is 29.1 Å². The molecule has 1 spiro atoms. The Bertz CT molecular complexity index is 1290. The second kappa shape index (κ2) is 11.9. The molecule has 2 amide bonds. The Kier molecular flexibility index (Phi) is 8.52. The van der Waals surface area contributed by atoms with Gasteiger partial charge < -0.3 is 24.6 Å². The number of hydrogen-bond acceptors (Lipinski definition) is 7. The van der Waals surface area contributed by atoms with E-state index in [2.05, 4.69) is 10.2 Å². The minimum absolute atomic E-state index is 0.0366. The fourth-order valence-electron chi connectivity index (χ4n) is 6.07. The molecule has 2 saturated heterocycles. The number of aryl methyl sites for hydroxylation is 1. The number of amides is 2. The number of ether oxygens (including phenoxy) is 2. The Morgan fingerprint density at radius 2 is 1.83 bits per heavy atom. The van der Waals surface area contributed by atoms with Crippen LogP contribution in [0.4, 0.5) is 0 Å². The molecule has 0 saturated carbocycles. The first-order valence-corrected chi connectivity index (χ1v) is 14.8. The van der Waals surface area contributed by atoms with Gasteiger partial charge in [-0.1, -0.05) is 26.8 Å². The topological polar surface area (TPSA) is 106 Å². The van der Waals surface area contributed by atoms with Crippen molar-refractivity contribution in [1.82, 2.24) is 24.9 Å². The summed E-state index contributed by atoms with van der Waals surface area (Å²) in [6.07, 6.45) is 3.23. The van der Waals surface area contributed by atoms with Crippen molar-refractivity contribution in [2.75, 3.05) is 59.6 Å². The smallest absolute Gasteiger partial charge is 0.338 e. The molecule has 1 aromatic carbocycles. The number of rotatable bonds is 7.